The molecule has 3 rings (SSSR count). The molecule has 1 atom stereocenters. The summed E-state index contributed by atoms with van der Waals surface area (Å²) in [5.74, 6) is 0.872. The summed E-state index contributed by atoms with van der Waals surface area (Å²) in [5, 5.41) is 0. The monoisotopic (exact) mass is 268 g/mol. The fraction of sp³-hybridized carbons (Fsp3) is 0.375. The third kappa shape index (κ3) is 2.65. The molecule has 0 saturated carbocycles. The number of nitrogens with zero attached hydrogens (tertiary/aromatic N) is 3. The van der Waals surface area contributed by atoms with Gasteiger partial charge in [0, 0.05) is 30.7 Å². The second-order valence-electron chi connectivity index (χ2n) is 5.37. The minimum Gasteiger partial charge on any atom is -0.364 e. The van der Waals surface area contributed by atoms with Crippen molar-refractivity contribution in [2.75, 3.05) is 11.4 Å². The lowest BCUT2D eigenvalue weighted by atomic mass is 9.97. The molecule has 4 nitrogen and oxygen atoms in total. The van der Waals surface area contributed by atoms with Gasteiger partial charge in [0.05, 0.1) is 6.54 Å². The molecule has 1 unspecified atom stereocenters. The van der Waals surface area contributed by atoms with E-state index in [0.717, 1.165) is 25.3 Å². The Morgan fingerprint density at radius 1 is 1.30 bits per heavy atom. The van der Waals surface area contributed by atoms with Crippen LogP contribution in [0, 0.1) is 0 Å². The van der Waals surface area contributed by atoms with Gasteiger partial charge in [-0.25, -0.2) is 9.97 Å². The van der Waals surface area contributed by atoms with Crippen molar-refractivity contribution >= 4 is 5.69 Å². The van der Waals surface area contributed by atoms with Gasteiger partial charge < -0.3 is 10.6 Å². The molecule has 0 radical (unpaired) electrons. The molecular formula is C16H20N4. The van der Waals surface area contributed by atoms with Crippen molar-refractivity contribution in [2.24, 2.45) is 5.73 Å². The summed E-state index contributed by atoms with van der Waals surface area (Å²) < 4.78 is 0. The number of nitrogens with two attached hydrogens (primary N) is 1. The Morgan fingerprint density at radius 3 is 2.85 bits per heavy atom. The minimum atomic E-state index is 0.0909. The number of aryl methyl sites for hydroxylation is 1. The van der Waals surface area contributed by atoms with Crippen LogP contribution in [0.4, 0.5) is 5.69 Å². The quantitative estimate of drug-likeness (QED) is 0.929. The second kappa shape index (κ2) is 5.59. The number of benzene rings is 1. The van der Waals surface area contributed by atoms with Crippen LogP contribution in [-0.4, -0.2) is 16.5 Å². The summed E-state index contributed by atoms with van der Waals surface area (Å²) in [7, 11) is 0. The number of hydrogen-bond donors (Lipinski definition) is 1. The predicted molar refractivity (Wildman–Crippen MR) is 80.4 cm³/mol. The van der Waals surface area contributed by atoms with E-state index in [4.69, 9.17) is 5.73 Å². The van der Waals surface area contributed by atoms with Crippen molar-refractivity contribution in [3.05, 3.63) is 53.6 Å². The van der Waals surface area contributed by atoms with Crippen molar-refractivity contribution < 1.29 is 0 Å². The fourth-order valence-electron chi connectivity index (χ4n) is 2.72. The maximum Gasteiger partial charge on any atom is 0.147 e. The van der Waals surface area contributed by atoms with E-state index in [1.807, 2.05) is 13.0 Å². The molecule has 0 amide bonds. The molecule has 0 fully saturated rings. The predicted octanol–water partition coefficient (Wildman–Crippen LogP) is 2.45. The van der Waals surface area contributed by atoms with Crippen molar-refractivity contribution in [3.8, 4) is 0 Å². The standard InChI is InChI=1S/C16H20N4/c1-12(17)13-5-6-15-14(10-13)4-2-9-20(15)11-16-18-7-3-8-19-16/h3,5-8,10,12H,2,4,9,11,17H2,1H3. The van der Waals surface area contributed by atoms with E-state index in [1.54, 1.807) is 12.4 Å². The van der Waals surface area contributed by atoms with Gasteiger partial charge in [-0.1, -0.05) is 12.1 Å². The summed E-state index contributed by atoms with van der Waals surface area (Å²) in [4.78, 5) is 11.0. The van der Waals surface area contributed by atoms with E-state index in [-0.39, 0.29) is 6.04 Å². The summed E-state index contributed by atoms with van der Waals surface area (Å²) in [5.41, 5.74) is 9.87. The van der Waals surface area contributed by atoms with Gasteiger partial charge in [-0.05, 0) is 43.0 Å². The molecule has 0 bridgehead atoms. The molecular weight excluding hydrogens is 248 g/mol. The molecule has 4 heteroatoms. The fourth-order valence-corrected chi connectivity index (χ4v) is 2.72. The topological polar surface area (TPSA) is 55.0 Å². The SMILES string of the molecule is CC(N)c1ccc2c(c1)CCCN2Cc1ncccn1. The first kappa shape index (κ1) is 13.1. The number of rotatable bonds is 3. The van der Waals surface area contributed by atoms with E-state index in [0.29, 0.717) is 0 Å². The first-order chi connectivity index (χ1) is 9.74. The van der Waals surface area contributed by atoms with Crippen LogP contribution < -0.4 is 10.6 Å². The molecule has 1 aromatic carbocycles. The third-order valence-corrected chi connectivity index (χ3v) is 3.80. The Kier molecular flexibility index (Phi) is 3.65. The first-order valence-electron chi connectivity index (χ1n) is 7.13. The Morgan fingerprint density at radius 2 is 2.10 bits per heavy atom. The van der Waals surface area contributed by atoms with Crippen molar-refractivity contribution in [1.82, 2.24) is 9.97 Å². The van der Waals surface area contributed by atoms with Crippen LogP contribution in [-0.2, 0) is 13.0 Å². The molecule has 2 aromatic rings. The van der Waals surface area contributed by atoms with Crippen LogP contribution in [0.25, 0.3) is 0 Å². The Balaban J connectivity index is 1.86. The number of anilines is 1. The van der Waals surface area contributed by atoms with Crippen LogP contribution >= 0.6 is 0 Å². The van der Waals surface area contributed by atoms with E-state index in [2.05, 4.69) is 33.1 Å². The Bertz CT molecular complexity index is 580. The van der Waals surface area contributed by atoms with Crippen LogP contribution in [0.2, 0.25) is 0 Å². The van der Waals surface area contributed by atoms with Crippen molar-refractivity contribution in [2.45, 2.75) is 32.4 Å². The molecule has 1 aromatic heterocycles. The van der Waals surface area contributed by atoms with Gasteiger partial charge in [-0.2, -0.15) is 0 Å². The van der Waals surface area contributed by atoms with E-state index in [1.165, 1.54) is 23.2 Å². The van der Waals surface area contributed by atoms with Gasteiger partial charge >= 0.3 is 0 Å². The summed E-state index contributed by atoms with van der Waals surface area (Å²) in [6.07, 6.45) is 5.89. The summed E-state index contributed by atoms with van der Waals surface area (Å²) >= 11 is 0. The van der Waals surface area contributed by atoms with Crippen molar-refractivity contribution in [1.29, 1.82) is 0 Å². The van der Waals surface area contributed by atoms with Crippen LogP contribution in [0.1, 0.15) is 36.3 Å². The Hall–Kier alpha value is -1.94. The molecule has 0 aliphatic carbocycles. The molecule has 20 heavy (non-hydrogen) atoms. The lowest BCUT2D eigenvalue weighted by molar-refractivity contribution is 0.671. The number of hydrogen-bond acceptors (Lipinski definition) is 4. The zero-order valence-corrected chi connectivity index (χ0v) is 11.8. The van der Waals surface area contributed by atoms with Gasteiger partial charge in [0.2, 0.25) is 0 Å². The molecule has 104 valence electrons. The lowest BCUT2D eigenvalue weighted by Gasteiger charge is -2.31. The highest BCUT2D eigenvalue weighted by Crippen LogP contribution is 2.30. The minimum absolute atomic E-state index is 0.0909. The zero-order chi connectivity index (χ0) is 13.9. The van der Waals surface area contributed by atoms with Gasteiger partial charge in [0.25, 0.3) is 0 Å². The zero-order valence-electron chi connectivity index (χ0n) is 11.8. The van der Waals surface area contributed by atoms with Gasteiger partial charge in [-0.15, -0.1) is 0 Å². The van der Waals surface area contributed by atoms with E-state index < -0.39 is 0 Å². The average Bonchev–Trinajstić information content (AvgIpc) is 2.48. The highest BCUT2D eigenvalue weighted by atomic mass is 15.2. The number of fused-ring (bicyclic) bond motifs is 1. The summed E-state index contributed by atoms with van der Waals surface area (Å²) in [6, 6.07) is 8.51. The molecule has 0 spiro atoms. The smallest absolute Gasteiger partial charge is 0.147 e. The van der Waals surface area contributed by atoms with E-state index in [9.17, 15) is 0 Å². The third-order valence-electron chi connectivity index (χ3n) is 3.80. The second-order valence-corrected chi connectivity index (χ2v) is 5.37. The van der Waals surface area contributed by atoms with E-state index >= 15 is 0 Å². The maximum atomic E-state index is 5.97. The first-order valence-corrected chi connectivity index (χ1v) is 7.13. The Labute approximate surface area is 119 Å². The van der Waals surface area contributed by atoms with Gasteiger partial charge in [-0.3, -0.25) is 0 Å². The lowest BCUT2D eigenvalue weighted by Crippen LogP contribution is -2.29. The molecule has 1 aliphatic heterocycles. The van der Waals surface area contributed by atoms with Gasteiger partial charge in [0.15, 0.2) is 0 Å². The summed E-state index contributed by atoms with van der Waals surface area (Å²) in [6.45, 7) is 3.86. The molecule has 1 aliphatic rings. The molecule has 2 heterocycles. The van der Waals surface area contributed by atoms with Crippen molar-refractivity contribution in [3.63, 3.8) is 0 Å². The van der Waals surface area contributed by atoms with Crippen LogP contribution in [0.15, 0.2) is 36.7 Å². The maximum absolute atomic E-state index is 5.97. The highest BCUT2D eigenvalue weighted by molar-refractivity contribution is 5.57. The molecule has 2 N–H and O–H groups in total. The molecule has 0 saturated heterocycles. The largest absolute Gasteiger partial charge is 0.364 e. The normalized spacial score (nSPS) is 15.8. The van der Waals surface area contributed by atoms with Crippen LogP contribution in [0.5, 0.6) is 0 Å². The average molecular weight is 268 g/mol. The highest BCUT2D eigenvalue weighted by Gasteiger charge is 2.18. The van der Waals surface area contributed by atoms with Crippen LogP contribution in [0.3, 0.4) is 0 Å². The van der Waals surface area contributed by atoms with Gasteiger partial charge in [0.1, 0.15) is 5.82 Å². The number of aromatic nitrogens is 2.